The molecule has 0 atom stereocenters. The minimum absolute atomic E-state index is 0.271. The second-order valence-corrected chi connectivity index (χ2v) is 6.22. The van der Waals surface area contributed by atoms with Crippen LogP contribution >= 0.6 is 11.6 Å². The van der Waals surface area contributed by atoms with Gasteiger partial charge in [0.25, 0.3) is 0 Å². The van der Waals surface area contributed by atoms with Crippen molar-refractivity contribution in [1.82, 2.24) is 0 Å². The third-order valence-electron chi connectivity index (χ3n) is 3.79. The average molecular weight is 390 g/mol. The Kier molecular flexibility index (Phi) is 8.01. The monoisotopic (exact) mass is 389 g/mol. The number of methoxy groups -OCH3 is 2. The van der Waals surface area contributed by atoms with Gasteiger partial charge in [-0.25, -0.2) is 0 Å². The lowest BCUT2D eigenvalue weighted by Gasteiger charge is -2.12. The van der Waals surface area contributed by atoms with E-state index in [1.165, 1.54) is 6.08 Å². The van der Waals surface area contributed by atoms with Crippen molar-refractivity contribution in [2.24, 2.45) is 0 Å². The van der Waals surface area contributed by atoms with Crippen LogP contribution in [0.1, 0.15) is 25.3 Å². The van der Waals surface area contributed by atoms with Crippen LogP contribution in [0.5, 0.6) is 17.2 Å². The Balaban J connectivity index is 2.08. The maximum Gasteiger partial charge on any atom is 0.248 e. The van der Waals surface area contributed by atoms with Crippen molar-refractivity contribution in [1.29, 1.82) is 0 Å². The molecule has 5 nitrogen and oxygen atoms in total. The summed E-state index contributed by atoms with van der Waals surface area (Å²) in [6, 6.07) is 10.6. The van der Waals surface area contributed by atoms with Crippen molar-refractivity contribution in [2.75, 3.05) is 26.1 Å². The van der Waals surface area contributed by atoms with Crippen LogP contribution in [0.15, 0.2) is 42.5 Å². The smallest absolute Gasteiger partial charge is 0.248 e. The largest absolute Gasteiger partial charge is 0.493 e. The van der Waals surface area contributed by atoms with E-state index in [9.17, 15) is 4.79 Å². The molecule has 0 fully saturated rings. The number of unbranched alkanes of at least 4 members (excludes halogenated alkanes) is 1. The number of hydrogen-bond donors (Lipinski definition) is 1. The van der Waals surface area contributed by atoms with E-state index in [1.54, 1.807) is 50.6 Å². The number of nitrogens with one attached hydrogen (secondary N) is 1. The Morgan fingerprint density at radius 1 is 1.07 bits per heavy atom. The van der Waals surface area contributed by atoms with Crippen LogP contribution in [0.25, 0.3) is 6.08 Å². The highest BCUT2D eigenvalue weighted by molar-refractivity contribution is 6.30. The number of hydrogen-bond acceptors (Lipinski definition) is 4. The quantitative estimate of drug-likeness (QED) is 0.473. The molecule has 0 unspecified atom stereocenters. The minimum Gasteiger partial charge on any atom is -0.493 e. The summed E-state index contributed by atoms with van der Waals surface area (Å²) in [4.78, 5) is 12.3. The fourth-order valence-corrected chi connectivity index (χ4v) is 2.51. The van der Waals surface area contributed by atoms with Crippen molar-refractivity contribution < 1.29 is 19.0 Å². The topological polar surface area (TPSA) is 56.8 Å². The van der Waals surface area contributed by atoms with Crippen LogP contribution in [-0.2, 0) is 4.79 Å². The van der Waals surface area contributed by atoms with Gasteiger partial charge in [-0.3, -0.25) is 4.79 Å². The van der Waals surface area contributed by atoms with Crippen molar-refractivity contribution >= 4 is 29.3 Å². The molecule has 0 saturated carbocycles. The highest BCUT2D eigenvalue weighted by Gasteiger charge is 2.08. The van der Waals surface area contributed by atoms with E-state index < -0.39 is 0 Å². The van der Waals surface area contributed by atoms with Crippen LogP contribution in [0.2, 0.25) is 5.02 Å². The molecule has 0 radical (unpaired) electrons. The Hall–Kier alpha value is -2.66. The summed E-state index contributed by atoms with van der Waals surface area (Å²) >= 11 is 6.03. The standard InChI is InChI=1S/C21H24ClNO4/c1-4-5-12-27-19-14-16(22)8-9-17(19)23-21(24)11-7-15-6-10-18(25-2)20(13-15)26-3/h6-11,13-14H,4-5,12H2,1-3H3,(H,23,24)/b11-7+. The number of carbonyl (C=O) groups is 1. The lowest BCUT2D eigenvalue weighted by Crippen LogP contribution is -2.10. The van der Waals surface area contributed by atoms with Gasteiger partial charge in [0, 0.05) is 17.2 Å². The number of rotatable bonds is 9. The second-order valence-electron chi connectivity index (χ2n) is 5.78. The van der Waals surface area contributed by atoms with Gasteiger partial charge in [-0.2, -0.15) is 0 Å². The molecule has 1 N–H and O–H groups in total. The molecule has 27 heavy (non-hydrogen) atoms. The number of carbonyl (C=O) groups excluding carboxylic acids is 1. The first-order valence-corrected chi connectivity index (χ1v) is 9.08. The molecule has 0 aliphatic carbocycles. The van der Waals surface area contributed by atoms with Crippen LogP contribution in [0.4, 0.5) is 5.69 Å². The zero-order chi connectivity index (χ0) is 19.6. The first kappa shape index (κ1) is 20.6. The normalized spacial score (nSPS) is 10.7. The number of benzene rings is 2. The lowest BCUT2D eigenvalue weighted by atomic mass is 10.2. The summed E-state index contributed by atoms with van der Waals surface area (Å²) in [7, 11) is 3.14. The van der Waals surface area contributed by atoms with Crippen molar-refractivity contribution in [3.63, 3.8) is 0 Å². The molecule has 0 bridgehead atoms. The second kappa shape index (κ2) is 10.5. The molecule has 144 valence electrons. The Morgan fingerprint density at radius 3 is 2.56 bits per heavy atom. The summed E-state index contributed by atoms with van der Waals surface area (Å²) in [5.74, 6) is 1.52. The lowest BCUT2D eigenvalue weighted by molar-refractivity contribution is -0.111. The van der Waals surface area contributed by atoms with Crippen molar-refractivity contribution in [2.45, 2.75) is 19.8 Å². The summed E-state index contributed by atoms with van der Waals surface area (Å²) in [6.45, 7) is 2.66. The van der Waals surface area contributed by atoms with Gasteiger partial charge in [0.15, 0.2) is 11.5 Å². The predicted octanol–water partition coefficient (Wildman–Crippen LogP) is 5.19. The van der Waals surface area contributed by atoms with Crippen LogP contribution < -0.4 is 19.5 Å². The fraction of sp³-hybridized carbons (Fsp3) is 0.286. The molecule has 0 aliphatic heterocycles. The molecule has 2 rings (SSSR count). The van der Waals surface area contributed by atoms with Crippen LogP contribution in [0, 0.1) is 0 Å². The van der Waals surface area contributed by atoms with Gasteiger partial charge in [-0.15, -0.1) is 0 Å². The third kappa shape index (κ3) is 6.22. The van der Waals surface area contributed by atoms with Gasteiger partial charge < -0.3 is 19.5 Å². The zero-order valence-corrected chi connectivity index (χ0v) is 16.5. The molecule has 0 heterocycles. The molecule has 0 aliphatic rings. The van der Waals surface area contributed by atoms with Gasteiger partial charge >= 0.3 is 0 Å². The van der Waals surface area contributed by atoms with E-state index >= 15 is 0 Å². The fourth-order valence-electron chi connectivity index (χ4n) is 2.35. The summed E-state index contributed by atoms with van der Waals surface area (Å²) in [5.41, 5.74) is 1.40. The summed E-state index contributed by atoms with van der Waals surface area (Å²) in [5, 5.41) is 3.38. The van der Waals surface area contributed by atoms with E-state index in [-0.39, 0.29) is 5.91 Å². The van der Waals surface area contributed by atoms with Crippen LogP contribution in [-0.4, -0.2) is 26.7 Å². The molecule has 1 amide bonds. The molecule has 0 saturated heterocycles. The predicted molar refractivity (Wildman–Crippen MR) is 109 cm³/mol. The SMILES string of the molecule is CCCCOc1cc(Cl)ccc1NC(=O)/C=C/c1ccc(OC)c(OC)c1. The van der Waals surface area contributed by atoms with Gasteiger partial charge in [-0.05, 0) is 42.3 Å². The first-order chi connectivity index (χ1) is 13.1. The Labute approximate surface area is 164 Å². The number of ether oxygens (including phenoxy) is 3. The van der Waals surface area contributed by atoms with E-state index in [0.717, 1.165) is 18.4 Å². The van der Waals surface area contributed by atoms with Crippen molar-refractivity contribution in [3.8, 4) is 17.2 Å². The Morgan fingerprint density at radius 2 is 1.85 bits per heavy atom. The maximum atomic E-state index is 12.3. The first-order valence-electron chi connectivity index (χ1n) is 8.70. The average Bonchev–Trinajstić information content (AvgIpc) is 2.68. The molecule has 0 spiro atoms. The van der Waals surface area contributed by atoms with E-state index in [4.69, 9.17) is 25.8 Å². The van der Waals surface area contributed by atoms with E-state index in [0.29, 0.717) is 34.6 Å². The molecular weight excluding hydrogens is 366 g/mol. The number of anilines is 1. The number of amides is 1. The summed E-state index contributed by atoms with van der Waals surface area (Å²) < 4.78 is 16.2. The number of halogens is 1. The Bertz CT molecular complexity index is 805. The zero-order valence-electron chi connectivity index (χ0n) is 15.8. The molecule has 6 heteroatoms. The van der Waals surface area contributed by atoms with Gasteiger partial charge in [0.2, 0.25) is 5.91 Å². The molecule has 2 aromatic carbocycles. The minimum atomic E-state index is -0.271. The highest BCUT2D eigenvalue weighted by Crippen LogP contribution is 2.29. The third-order valence-corrected chi connectivity index (χ3v) is 4.03. The van der Waals surface area contributed by atoms with Gasteiger partial charge in [0.1, 0.15) is 5.75 Å². The molecule has 2 aromatic rings. The van der Waals surface area contributed by atoms with E-state index in [2.05, 4.69) is 12.2 Å². The van der Waals surface area contributed by atoms with Gasteiger partial charge in [-0.1, -0.05) is 31.0 Å². The maximum absolute atomic E-state index is 12.3. The van der Waals surface area contributed by atoms with Crippen LogP contribution in [0.3, 0.4) is 0 Å². The van der Waals surface area contributed by atoms with Gasteiger partial charge in [0.05, 0.1) is 26.5 Å². The molecule has 0 aromatic heterocycles. The van der Waals surface area contributed by atoms with E-state index in [1.807, 2.05) is 6.07 Å². The van der Waals surface area contributed by atoms with Crippen molar-refractivity contribution in [3.05, 3.63) is 53.1 Å². The summed E-state index contributed by atoms with van der Waals surface area (Å²) in [6.07, 6.45) is 5.10. The molecular formula is C21H24ClNO4. The highest BCUT2D eigenvalue weighted by atomic mass is 35.5.